The summed E-state index contributed by atoms with van der Waals surface area (Å²) in [6, 6.07) is 9.38. The Morgan fingerprint density at radius 2 is 2.10 bits per heavy atom. The van der Waals surface area contributed by atoms with Gasteiger partial charge in [-0.05, 0) is 24.1 Å². The maximum absolute atomic E-state index is 10.3. The predicted octanol–water partition coefficient (Wildman–Crippen LogP) is 2.51. The van der Waals surface area contributed by atoms with Gasteiger partial charge >= 0.3 is 0 Å². The van der Waals surface area contributed by atoms with E-state index in [4.69, 9.17) is 10.5 Å². The van der Waals surface area contributed by atoms with Crippen LogP contribution in [-0.4, -0.2) is 17.2 Å². The summed E-state index contributed by atoms with van der Waals surface area (Å²) >= 11 is 0. The van der Waals surface area contributed by atoms with E-state index in [1.807, 2.05) is 30.5 Å². The highest BCUT2D eigenvalue weighted by Gasteiger charge is 2.15. The quantitative estimate of drug-likeness (QED) is 0.821. The fourth-order valence-electron chi connectivity index (χ4n) is 2.12. The standard InChI is InChI=1S/C16H20N2O2/c1-3-11-7-8-12(18-10-11)9-14(19)13-5-4-6-15(20-2)16(13)17/h4-8,10,14,19H,3,9,17H2,1-2H3. The highest BCUT2D eigenvalue weighted by Crippen LogP contribution is 2.30. The van der Waals surface area contributed by atoms with Crippen molar-refractivity contribution in [2.45, 2.75) is 25.9 Å². The summed E-state index contributed by atoms with van der Waals surface area (Å²) in [4.78, 5) is 4.36. The zero-order chi connectivity index (χ0) is 14.5. The van der Waals surface area contributed by atoms with Gasteiger partial charge in [-0.2, -0.15) is 0 Å². The smallest absolute Gasteiger partial charge is 0.142 e. The Morgan fingerprint density at radius 1 is 1.30 bits per heavy atom. The van der Waals surface area contributed by atoms with Gasteiger partial charge in [0.25, 0.3) is 0 Å². The molecule has 0 aliphatic heterocycles. The summed E-state index contributed by atoms with van der Waals surface area (Å²) in [6.07, 6.45) is 2.54. The molecule has 106 valence electrons. The van der Waals surface area contributed by atoms with Gasteiger partial charge < -0.3 is 15.6 Å². The zero-order valence-corrected chi connectivity index (χ0v) is 11.8. The van der Waals surface area contributed by atoms with Crippen LogP contribution in [0.25, 0.3) is 0 Å². The number of aliphatic hydroxyl groups excluding tert-OH is 1. The minimum Gasteiger partial charge on any atom is -0.495 e. The van der Waals surface area contributed by atoms with Gasteiger partial charge in [-0.15, -0.1) is 0 Å². The number of rotatable bonds is 5. The molecule has 0 bridgehead atoms. The number of nitrogens with two attached hydrogens (primary N) is 1. The number of aromatic nitrogens is 1. The van der Waals surface area contributed by atoms with Gasteiger partial charge in [-0.1, -0.05) is 25.1 Å². The molecule has 1 aromatic heterocycles. The summed E-state index contributed by atoms with van der Waals surface area (Å²) < 4.78 is 5.16. The topological polar surface area (TPSA) is 68.4 Å². The van der Waals surface area contributed by atoms with Gasteiger partial charge in [0.1, 0.15) is 5.75 Å². The summed E-state index contributed by atoms with van der Waals surface area (Å²) in [6.45, 7) is 2.09. The third-order valence-corrected chi connectivity index (χ3v) is 3.38. The van der Waals surface area contributed by atoms with Crippen molar-refractivity contribution in [3.8, 4) is 5.75 Å². The predicted molar refractivity (Wildman–Crippen MR) is 79.7 cm³/mol. The summed E-state index contributed by atoms with van der Waals surface area (Å²) in [5.74, 6) is 0.579. The molecular formula is C16H20N2O2. The van der Waals surface area contributed by atoms with Gasteiger partial charge in [0, 0.05) is 23.9 Å². The van der Waals surface area contributed by atoms with Crippen molar-refractivity contribution in [2.75, 3.05) is 12.8 Å². The molecule has 0 fully saturated rings. The van der Waals surface area contributed by atoms with E-state index < -0.39 is 6.10 Å². The van der Waals surface area contributed by atoms with Crippen LogP contribution in [0.2, 0.25) is 0 Å². The number of aryl methyl sites for hydroxylation is 1. The van der Waals surface area contributed by atoms with Gasteiger partial charge in [0.15, 0.2) is 0 Å². The summed E-state index contributed by atoms with van der Waals surface area (Å²) in [5.41, 5.74) is 9.17. The normalized spacial score (nSPS) is 12.2. The van der Waals surface area contributed by atoms with Gasteiger partial charge in [-0.25, -0.2) is 0 Å². The molecule has 1 atom stereocenters. The Labute approximate surface area is 119 Å². The Kier molecular flexibility index (Phi) is 4.58. The molecule has 1 heterocycles. The molecule has 0 amide bonds. The minimum atomic E-state index is -0.690. The number of methoxy groups -OCH3 is 1. The number of hydrogen-bond acceptors (Lipinski definition) is 4. The molecule has 0 aliphatic rings. The van der Waals surface area contributed by atoms with Crippen LogP contribution < -0.4 is 10.5 Å². The Morgan fingerprint density at radius 3 is 2.70 bits per heavy atom. The van der Waals surface area contributed by atoms with Gasteiger partial charge in [0.2, 0.25) is 0 Å². The molecule has 4 nitrogen and oxygen atoms in total. The van der Waals surface area contributed by atoms with Crippen molar-refractivity contribution in [3.63, 3.8) is 0 Å². The molecule has 3 N–H and O–H groups in total. The molecule has 0 radical (unpaired) electrons. The molecule has 0 spiro atoms. The highest BCUT2D eigenvalue weighted by atomic mass is 16.5. The molecule has 2 rings (SSSR count). The van der Waals surface area contributed by atoms with Crippen LogP contribution in [0.3, 0.4) is 0 Å². The maximum Gasteiger partial charge on any atom is 0.142 e. The zero-order valence-electron chi connectivity index (χ0n) is 11.8. The molecule has 0 aliphatic carbocycles. The van der Waals surface area contributed by atoms with E-state index in [0.29, 0.717) is 23.4 Å². The SMILES string of the molecule is CCc1ccc(CC(O)c2cccc(OC)c2N)nc1. The van der Waals surface area contributed by atoms with Crippen molar-refractivity contribution in [1.82, 2.24) is 4.98 Å². The Hall–Kier alpha value is -2.07. The molecule has 20 heavy (non-hydrogen) atoms. The largest absolute Gasteiger partial charge is 0.495 e. The van der Waals surface area contributed by atoms with E-state index in [1.54, 1.807) is 13.2 Å². The molecule has 0 saturated carbocycles. The lowest BCUT2D eigenvalue weighted by molar-refractivity contribution is 0.177. The Bertz CT molecular complexity index is 567. The van der Waals surface area contributed by atoms with E-state index >= 15 is 0 Å². The van der Waals surface area contributed by atoms with Crippen molar-refractivity contribution in [2.24, 2.45) is 0 Å². The average Bonchev–Trinajstić information content (AvgIpc) is 2.48. The second-order valence-corrected chi connectivity index (χ2v) is 4.69. The molecule has 1 aromatic carbocycles. The first-order chi connectivity index (χ1) is 9.65. The van der Waals surface area contributed by atoms with Crippen LogP contribution in [0.5, 0.6) is 5.75 Å². The molecule has 4 heteroatoms. The Balaban J connectivity index is 2.16. The van der Waals surface area contributed by atoms with Crippen LogP contribution in [0.1, 0.15) is 29.8 Å². The lowest BCUT2D eigenvalue weighted by Crippen LogP contribution is -2.07. The molecular weight excluding hydrogens is 252 g/mol. The first kappa shape index (κ1) is 14.3. The average molecular weight is 272 g/mol. The third-order valence-electron chi connectivity index (χ3n) is 3.38. The van der Waals surface area contributed by atoms with Crippen LogP contribution in [0.15, 0.2) is 36.5 Å². The molecule has 1 unspecified atom stereocenters. The van der Waals surface area contributed by atoms with Crippen molar-refractivity contribution >= 4 is 5.69 Å². The van der Waals surface area contributed by atoms with E-state index in [2.05, 4.69) is 11.9 Å². The fourth-order valence-corrected chi connectivity index (χ4v) is 2.12. The summed E-state index contributed by atoms with van der Waals surface area (Å²) in [5, 5.41) is 10.3. The van der Waals surface area contributed by atoms with Gasteiger partial charge in [0.05, 0.1) is 18.9 Å². The van der Waals surface area contributed by atoms with Crippen LogP contribution in [0, 0.1) is 0 Å². The first-order valence-electron chi connectivity index (χ1n) is 6.70. The molecule has 2 aromatic rings. The minimum absolute atomic E-state index is 0.432. The summed E-state index contributed by atoms with van der Waals surface area (Å²) in [7, 11) is 1.56. The number of nitrogen functional groups attached to an aromatic ring is 1. The number of para-hydroxylation sites is 1. The third kappa shape index (κ3) is 3.08. The van der Waals surface area contributed by atoms with E-state index in [0.717, 1.165) is 12.1 Å². The van der Waals surface area contributed by atoms with E-state index in [-0.39, 0.29) is 0 Å². The monoisotopic (exact) mass is 272 g/mol. The first-order valence-corrected chi connectivity index (χ1v) is 6.70. The fraction of sp³-hybridized carbons (Fsp3) is 0.312. The van der Waals surface area contributed by atoms with E-state index in [9.17, 15) is 5.11 Å². The maximum atomic E-state index is 10.3. The van der Waals surface area contributed by atoms with Crippen LogP contribution >= 0.6 is 0 Å². The number of benzene rings is 1. The number of ether oxygens (including phenoxy) is 1. The second kappa shape index (κ2) is 6.39. The second-order valence-electron chi connectivity index (χ2n) is 4.69. The number of pyridine rings is 1. The highest BCUT2D eigenvalue weighted by molar-refractivity contribution is 5.59. The number of nitrogens with zero attached hydrogens (tertiary/aromatic N) is 1. The number of aliphatic hydroxyl groups is 1. The number of anilines is 1. The lowest BCUT2D eigenvalue weighted by Gasteiger charge is -2.15. The number of hydrogen-bond donors (Lipinski definition) is 2. The van der Waals surface area contributed by atoms with Crippen LogP contribution in [-0.2, 0) is 12.8 Å². The molecule has 0 saturated heterocycles. The van der Waals surface area contributed by atoms with Crippen molar-refractivity contribution in [1.29, 1.82) is 0 Å². The lowest BCUT2D eigenvalue weighted by atomic mass is 10.0. The van der Waals surface area contributed by atoms with Crippen molar-refractivity contribution in [3.05, 3.63) is 53.3 Å². The van der Waals surface area contributed by atoms with Gasteiger partial charge in [-0.3, -0.25) is 4.98 Å². The van der Waals surface area contributed by atoms with Crippen molar-refractivity contribution < 1.29 is 9.84 Å². The van der Waals surface area contributed by atoms with Crippen LogP contribution in [0.4, 0.5) is 5.69 Å². The van der Waals surface area contributed by atoms with E-state index in [1.165, 1.54) is 5.56 Å².